The normalized spacial score (nSPS) is 10.7. The summed E-state index contributed by atoms with van der Waals surface area (Å²) in [5, 5.41) is 10.0. The first-order chi connectivity index (χ1) is 11.1. The zero-order valence-corrected chi connectivity index (χ0v) is 13.4. The molecule has 1 N–H and O–H groups in total. The van der Waals surface area contributed by atoms with Gasteiger partial charge >= 0.3 is 5.63 Å². The second kappa shape index (κ2) is 8.32. The van der Waals surface area contributed by atoms with E-state index in [0.29, 0.717) is 18.6 Å². The Labute approximate surface area is 135 Å². The van der Waals surface area contributed by atoms with Gasteiger partial charge in [0.05, 0.1) is 0 Å². The maximum Gasteiger partial charge on any atom is 0.350 e. The number of Topliss-reactive ketones (excluding diaryl/α,β-unsaturated/α-hetero) is 1. The van der Waals surface area contributed by atoms with Gasteiger partial charge in [0, 0.05) is 18.9 Å². The van der Waals surface area contributed by atoms with Gasteiger partial charge in [-0.15, -0.1) is 0 Å². The number of aryl methyl sites for hydroxylation is 2. The maximum atomic E-state index is 12.2. The fourth-order valence-electron chi connectivity index (χ4n) is 2.49. The van der Waals surface area contributed by atoms with Crippen LogP contribution in [0, 0.1) is 0 Å². The van der Waals surface area contributed by atoms with E-state index < -0.39 is 5.63 Å². The minimum atomic E-state index is -0.741. The second-order valence-corrected chi connectivity index (χ2v) is 5.63. The lowest BCUT2D eigenvalue weighted by molar-refractivity contribution is 0.0975. The highest BCUT2D eigenvalue weighted by Gasteiger charge is 2.18. The van der Waals surface area contributed by atoms with Gasteiger partial charge in [-0.05, 0) is 18.4 Å². The van der Waals surface area contributed by atoms with Crippen molar-refractivity contribution >= 4 is 5.78 Å². The quantitative estimate of drug-likeness (QED) is 0.593. The Balaban J connectivity index is 2.06. The molecule has 122 valence electrons. The Kier molecular flexibility index (Phi) is 6.15. The summed E-state index contributed by atoms with van der Waals surface area (Å²) in [6.07, 6.45) is 4.26. The van der Waals surface area contributed by atoms with E-state index in [9.17, 15) is 14.7 Å². The van der Waals surface area contributed by atoms with Gasteiger partial charge in [0.25, 0.3) is 0 Å². The molecule has 1 aromatic carbocycles. The van der Waals surface area contributed by atoms with E-state index in [2.05, 4.69) is 6.92 Å². The van der Waals surface area contributed by atoms with Crippen molar-refractivity contribution in [3.05, 3.63) is 63.7 Å². The standard InChI is InChI=1S/C19H22O4/c1-2-3-5-10-15-13-17(21)18(19(22)23-15)16(20)12-11-14-8-6-4-7-9-14/h4,6-9,13,21H,2-3,5,10-12H2,1H3. The zero-order valence-electron chi connectivity index (χ0n) is 13.4. The van der Waals surface area contributed by atoms with Crippen molar-refractivity contribution < 1.29 is 14.3 Å². The number of ketones is 1. The molecule has 2 aromatic rings. The Morgan fingerprint density at radius 1 is 1.13 bits per heavy atom. The van der Waals surface area contributed by atoms with Crippen LogP contribution in [-0.2, 0) is 12.8 Å². The number of aromatic hydroxyl groups is 1. The van der Waals surface area contributed by atoms with Crippen molar-refractivity contribution in [2.24, 2.45) is 0 Å². The molecule has 0 fully saturated rings. The van der Waals surface area contributed by atoms with Crippen LogP contribution in [0.4, 0.5) is 0 Å². The molecule has 4 nitrogen and oxygen atoms in total. The van der Waals surface area contributed by atoms with Gasteiger partial charge in [-0.25, -0.2) is 4.79 Å². The average Bonchev–Trinajstić information content (AvgIpc) is 2.53. The predicted molar refractivity (Wildman–Crippen MR) is 89.0 cm³/mol. The van der Waals surface area contributed by atoms with Gasteiger partial charge in [0.2, 0.25) is 0 Å². The molecule has 0 unspecified atom stereocenters. The number of unbranched alkanes of at least 4 members (excludes halogenated alkanes) is 2. The molecule has 0 aliphatic rings. The first-order valence-corrected chi connectivity index (χ1v) is 8.05. The van der Waals surface area contributed by atoms with Gasteiger partial charge in [-0.3, -0.25) is 4.79 Å². The van der Waals surface area contributed by atoms with Crippen LogP contribution in [0.3, 0.4) is 0 Å². The molecular formula is C19H22O4. The molecule has 2 rings (SSSR count). The van der Waals surface area contributed by atoms with Gasteiger partial charge < -0.3 is 9.52 Å². The third-order valence-electron chi connectivity index (χ3n) is 3.77. The topological polar surface area (TPSA) is 67.5 Å². The number of carbonyl (C=O) groups is 1. The van der Waals surface area contributed by atoms with Crippen molar-refractivity contribution in [2.45, 2.75) is 45.4 Å². The fourth-order valence-corrected chi connectivity index (χ4v) is 2.49. The molecule has 0 saturated carbocycles. The van der Waals surface area contributed by atoms with Crippen molar-refractivity contribution in [3.63, 3.8) is 0 Å². The number of rotatable bonds is 8. The van der Waals surface area contributed by atoms with Crippen LogP contribution in [0.25, 0.3) is 0 Å². The molecule has 0 amide bonds. The molecule has 0 spiro atoms. The van der Waals surface area contributed by atoms with Crippen molar-refractivity contribution in [3.8, 4) is 5.75 Å². The smallest absolute Gasteiger partial charge is 0.350 e. The molecule has 0 atom stereocenters. The average molecular weight is 314 g/mol. The summed E-state index contributed by atoms with van der Waals surface area (Å²) < 4.78 is 5.17. The third-order valence-corrected chi connectivity index (χ3v) is 3.77. The Hall–Kier alpha value is -2.36. The molecule has 0 aliphatic carbocycles. The van der Waals surface area contributed by atoms with Crippen LogP contribution >= 0.6 is 0 Å². The lowest BCUT2D eigenvalue weighted by Crippen LogP contribution is -2.16. The third kappa shape index (κ3) is 4.81. The molecule has 0 bridgehead atoms. The van der Waals surface area contributed by atoms with Gasteiger partial charge in [0.15, 0.2) is 5.78 Å². The monoisotopic (exact) mass is 314 g/mol. The van der Waals surface area contributed by atoms with Crippen LogP contribution in [0.2, 0.25) is 0 Å². The first kappa shape index (κ1) is 17.0. The molecule has 1 aromatic heterocycles. The molecule has 1 heterocycles. The Morgan fingerprint density at radius 3 is 2.52 bits per heavy atom. The van der Waals surface area contributed by atoms with Crippen LogP contribution < -0.4 is 5.63 Å². The van der Waals surface area contributed by atoms with Gasteiger partial charge in [0.1, 0.15) is 17.1 Å². The molecule has 23 heavy (non-hydrogen) atoms. The van der Waals surface area contributed by atoms with Crippen LogP contribution in [0.5, 0.6) is 5.75 Å². The van der Waals surface area contributed by atoms with E-state index in [0.717, 1.165) is 24.8 Å². The van der Waals surface area contributed by atoms with Crippen molar-refractivity contribution in [2.75, 3.05) is 0 Å². The number of hydrogen-bond donors (Lipinski definition) is 1. The molecule has 4 heteroatoms. The summed E-state index contributed by atoms with van der Waals surface area (Å²) >= 11 is 0. The van der Waals surface area contributed by atoms with E-state index in [-0.39, 0.29) is 23.5 Å². The first-order valence-electron chi connectivity index (χ1n) is 8.05. The van der Waals surface area contributed by atoms with E-state index in [1.807, 2.05) is 30.3 Å². The van der Waals surface area contributed by atoms with Crippen molar-refractivity contribution in [1.82, 2.24) is 0 Å². The fraction of sp³-hybridized carbons (Fsp3) is 0.368. The van der Waals surface area contributed by atoms with Crippen LogP contribution in [0.15, 0.2) is 45.6 Å². The van der Waals surface area contributed by atoms with Crippen molar-refractivity contribution in [1.29, 1.82) is 0 Å². The van der Waals surface area contributed by atoms with E-state index in [1.165, 1.54) is 6.07 Å². The van der Waals surface area contributed by atoms with Gasteiger partial charge in [-0.1, -0.05) is 50.1 Å². The molecule has 0 radical (unpaired) electrons. The summed E-state index contributed by atoms with van der Waals surface area (Å²) in [6, 6.07) is 10.9. The van der Waals surface area contributed by atoms with E-state index in [1.54, 1.807) is 0 Å². The molecular weight excluding hydrogens is 292 g/mol. The Bertz CT molecular complexity index is 701. The summed E-state index contributed by atoms with van der Waals surface area (Å²) in [4.78, 5) is 24.2. The summed E-state index contributed by atoms with van der Waals surface area (Å²) in [7, 11) is 0. The zero-order chi connectivity index (χ0) is 16.7. The highest BCUT2D eigenvalue weighted by atomic mass is 16.4. The maximum absolute atomic E-state index is 12.2. The largest absolute Gasteiger partial charge is 0.507 e. The Morgan fingerprint density at radius 2 is 1.87 bits per heavy atom. The predicted octanol–water partition coefficient (Wildman–Crippen LogP) is 3.89. The van der Waals surface area contributed by atoms with E-state index in [4.69, 9.17) is 4.42 Å². The number of hydrogen-bond acceptors (Lipinski definition) is 4. The summed E-state index contributed by atoms with van der Waals surface area (Å²) in [5.74, 6) is -0.230. The number of benzene rings is 1. The SMILES string of the molecule is CCCCCc1cc(O)c(C(=O)CCc2ccccc2)c(=O)o1. The summed E-state index contributed by atoms with van der Waals surface area (Å²) in [5.41, 5.74) is 0.0376. The minimum Gasteiger partial charge on any atom is -0.507 e. The van der Waals surface area contributed by atoms with Crippen LogP contribution in [-0.4, -0.2) is 10.9 Å². The number of carbonyl (C=O) groups excluding carboxylic acids is 1. The second-order valence-electron chi connectivity index (χ2n) is 5.63. The lowest BCUT2D eigenvalue weighted by atomic mass is 10.0. The van der Waals surface area contributed by atoms with E-state index >= 15 is 0 Å². The summed E-state index contributed by atoms with van der Waals surface area (Å²) in [6.45, 7) is 2.09. The molecule has 0 saturated heterocycles. The highest BCUT2D eigenvalue weighted by molar-refractivity contribution is 5.98. The minimum absolute atomic E-state index is 0.164. The lowest BCUT2D eigenvalue weighted by Gasteiger charge is -2.05. The highest BCUT2D eigenvalue weighted by Crippen LogP contribution is 2.19. The van der Waals surface area contributed by atoms with Crippen LogP contribution in [0.1, 0.15) is 54.3 Å². The van der Waals surface area contributed by atoms with Gasteiger partial charge in [-0.2, -0.15) is 0 Å². The molecule has 0 aliphatic heterocycles.